The number of imide groups is 1. The van der Waals surface area contributed by atoms with Crippen molar-refractivity contribution in [3.05, 3.63) is 107 Å². The van der Waals surface area contributed by atoms with E-state index in [1.807, 2.05) is 61.5 Å². The molecule has 0 radical (unpaired) electrons. The molecule has 1 aliphatic rings. The molecule has 2 amide bonds. The quantitative estimate of drug-likeness (QED) is 0.144. The minimum absolute atomic E-state index is 0.131. The van der Waals surface area contributed by atoms with Gasteiger partial charge in [0.25, 0.3) is 11.1 Å². The van der Waals surface area contributed by atoms with Crippen molar-refractivity contribution in [3.63, 3.8) is 0 Å². The molecule has 0 bridgehead atoms. The first-order chi connectivity index (χ1) is 18.9. The van der Waals surface area contributed by atoms with E-state index < -0.39 is 11.9 Å². The zero-order valence-corrected chi connectivity index (χ0v) is 22.2. The van der Waals surface area contributed by atoms with Crippen molar-refractivity contribution in [2.24, 2.45) is 0 Å². The van der Waals surface area contributed by atoms with E-state index in [2.05, 4.69) is 0 Å². The number of nitrogens with zero attached hydrogens (tertiary/aromatic N) is 1. The number of carbonyl (C=O) groups excluding carboxylic acids is 3. The number of rotatable bonds is 8. The first kappa shape index (κ1) is 26.1. The van der Waals surface area contributed by atoms with Gasteiger partial charge in [0, 0.05) is 0 Å². The van der Waals surface area contributed by atoms with Crippen molar-refractivity contribution in [1.29, 1.82) is 0 Å². The van der Waals surface area contributed by atoms with Crippen LogP contribution in [0.2, 0.25) is 0 Å². The Morgan fingerprint density at radius 3 is 2.54 bits per heavy atom. The second-order valence-electron chi connectivity index (χ2n) is 8.82. The third kappa shape index (κ3) is 5.81. The van der Waals surface area contributed by atoms with Crippen LogP contribution < -0.4 is 14.2 Å². The Bertz CT molecular complexity index is 1610. The molecule has 0 saturated carbocycles. The van der Waals surface area contributed by atoms with Gasteiger partial charge in [-0.2, -0.15) is 0 Å². The van der Waals surface area contributed by atoms with Crippen LogP contribution in [-0.4, -0.2) is 42.3 Å². The van der Waals surface area contributed by atoms with Crippen molar-refractivity contribution in [2.75, 3.05) is 20.3 Å². The summed E-state index contributed by atoms with van der Waals surface area (Å²) in [7, 11) is 1.48. The summed E-state index contributed by atoms with van der Waals surface area (Å²) in [6.07, 6.45) is 1.60. The number of aryl methyl sites for hydroxylation is 1. The topological polar surface area (TPSA) is 82.1 Å². The number of benzene rings is 4. The van der Waals surface area contributed by atoms with Crippen LogP contribution in [0.1, 0.15) is 21.5 Å². The Morgan fingerprint density at radius 1 is 0.923 bits per heavy atom. The van der Waals surface area contributed by atoms with E-state index in [0.29, 0.717) is 22.6 Å². The molecule has 196 valence electrons. The Morgan fingerprint density at radius 2 is 1.72 bits per heavy atom. The van der Waals surface area contributed by atoms with Crippen molar-refractivity contribution >= 4 is 45.7 Å². The van der Waals surface area contributed by atoms with E-state index in [1.54, 1.807) is 36.4 Å². The molecule has 1 fully saturated rings. The van der Waals surface area contributed by atoms with Gasteiger partial charge in [-0.1, -0.05) is 54.6 Å². The number of ether oxygens (including phenoxy) is 3. The van der Waals surface area contributed by atoms with E-state index in [0.717, 1.165) is 33.0 Å². The van der Waals surface area contributed by atoms with Crippen LogP contribution in [0, 0.1) is 6.92 Å². The minimum Gasteiger partial charge on any atom is -0.493 e. The fraction of sp³-hybridized carbons (Fsp3) is 0.129. The number of carbonyl (C=O) groups is 3. The predicted molar refractivity (Wildman–Crippen MR) is 151 cm³/mol. The number of fused-ring (bicyclic) bond motifs is 1. The summed E-state index contributed by atoms with van der Waals surface area (Å²) in [5.41, 5.74) is 2.07. The van der Waals surface area contributed by atoms with Crippen molar-refractivity contribution in [1.82, 2.24) is 4.90 Å². The first-order valence-corrected chi connectivity index (χ1v) is 13.1. The Balaban J connectivity index is 1.31. The molecular formula is C31H25NO6S. The molecule has 8 heteroatoms. The second-order valence-corrected chi connectivity index (χ2v) is 9.82. The molecule has 7 nitrogen and oxygen atoms in total. The van der Waals surface area contributed by atoms with Crippen LogP contribution in [0.15, 0.2) is 89.8 Å². The molecule has 0 spiro atoms. The standard InChI is InChI=1S/C31H25NO6S/c1-20-7-5-10-23(17-20)37-16-15-32-29(33)28(39-31(32)35)19-21-13-14-26(36-2)27(18-21)38-30(34)25-12-6-9-22-8-3-4-11-24(22)25/h3-14,17-19H,15-16H2,1-2H3/b28-19-. The molecule has 0 unspecified atom stereocenters. The van der Waals surface area contributed by atoms with E-state index in [9.17, 15) is 14.4 Å². The summed E-state index contributed by atoms with van der Waals surface area (Å²) >= 11 is 0.857. The summed E-state index contributed by atoms with van der Waals surface area (Å²) in [4.78, 5) is 40.0. The van der Waals surface area contributed by atoms with Crippen molar-refractivity contribution < 1.29 is 28.6 Å². The Kier molecular flexibility index (Phi) is 7.65. The SMILES string of the molecule is COc1ccc(/C=C2\SC(=O)N(CCOc3cccc(C)c3)C2=O)cc1OC(=O)c1cccc2ccccc12. The lowest BCUT2D eigenvalue weighted by Gasteiger charge is -2.13. The van der Waals surface area contributed by atoms with E-state index >= 15 is 0 Å². The summed E-state index contributed by atoms with van der Waals surface area (Å²) in [6.45, 7) is 2.28. The average Bonchev–Trinajstić information content (AvgIpc) is 3.20. The molecule has 4 aromatic carbocycles. The van der Waals surface area contributed by atoms with E-state index in [1.165, 1.54) is 7.11 Å². The Hall–Kier alpha value is -4.56. The highest BCUT2D eigenvalue weighted by Crippen LogP contribution is 2.35. The van der Waals surface area contributed by atoms with Gasteiger partial charge < -0.3 is 14.2 Å². The van der Waals surface area contributed by atoms with E-state index in [-0.39, 0.29) is 29.0 Å². The summed E-state index contributed by atoms with van der Waals surface area (Å²) in [5, 5.41) is 1.34. The second kappa shape index (κ2) is 11.4. The number of methoxy groups -OCH3 is 1. The Labute approximate surface area is 230 Å². The third-order valence-electron chi connectivity index (χ3n) is 6.14. The molecule has 0 aliphatic carbocycles. The molecule has 0 N–H and O–H groups in total. The normalized spacial score (nSPS) is 14.2. The zero-order valence-electron chi connectivity index (χ0n) is 21.4. The smallest absolute Gasteiger partial charge is 0.344 e. The fourth-order valence-electron chi connectivity index (χ4n) is 4.23. The maximum atomic E-state index is 13.1. The summed E-state index contributed by atoms with van der Waals surface area (Å²) < 4.78 is 16.8. The van der Waals surface area contributed by atoms with Crippen LogP contribution in [0.4, 0.5) is 4.79 Å². The summed E-state index contributed by atoms with van der Waals surface area (Å²) in [6, 6.07) is 25.5. The molecule has 1 heterocycles. The maximum Gasteiger partial charge on any atom is 0.344 e. The van der Waals surface area contributed by atoms with Gasteiger partial charge in [-0.15, -0.1) is 0 Å². The van der Waals surface area contributed by atoms with Gasteiger partial charge in [0.1, 0.15) is 12.4 Å². The molecule has 1 saturated heterocycles. The van der Waals surface area contributed by atoms with Crippen LogP contribution in [0.25, 0.3) is 16.8 Å². The number of amides is 2. The minimum atomic E-state index is -0.531. The van der Waals surface area contributed by atoms with Crippen LogP contribution >= 0.6 is 11.8 Å². The van der Waals surface area contributed by atoms with Gasteiger partial charge in [0.15, 0.2) is 11.5 Å². The predicted octanol–water partition coefficient (Wildman–Crippen LogP) is 6.49. The van der Waals surface area contributed by atoms with Crippen molar-refractivity contribution in [2.45, 2.75) is 6.92 Å². The lowest BCUT2D eigenvalue weighted by atomic mass is 10.0. The van der Waals surface area contributed by atoms with Gasteiger partial charge in [-0.05, 0) is 77.0 Å². The molecule has 1 aliphatic heterocycles. The number of thioether (sulfide) groups is 1. The summed E-state index contributed by atoms with van der Waals surface area (Å²) in [5.74, 6) is 0.317. The monoisotopic (exact) mass is 539 g/mol. The highest BCUT2D eigenvalue weighted by atomic mass is 32.2. The van der Waals surface area contributed by atoms with Gasteiger partial charge in [0.2, 0.25) is 0 Å². The average molecular weight is 540 g/mol. The van der Waals surface area contributed by atoms with Gasteiger partial charge >= 0.3 is 5.97 Å². The maximum absolute atomic E-state index is 13.1. The third-order valence-corrected chi connectivity index (χ3v) is 7.05. The van der Waals surface area contributed by atoms with Crippen LogP contribution in [-0.2, 0) is 4.79 Å². The van der Waals surface area contributed by atoms with Crippen LogP contribution in [0.5, 0.6) is 17.2 Å². The molecule has 5 rings (SSSR count). The van der Waals surface area contributed by atoms with Gasteiger partial charge in [0.05, 0.1) is 24.1 Å². The largest absolute Gasteiger partial charge is 0.493 e. The van der Waals surface area contributed by atoms with Crippen LogP contribution in [0.3, 0.4) is 0 Å². The zero-order chi connectivity index (χ0) is 27.4. The highest BCUT2D eigenvalue weighted by Gasteiger charge is 2.34. The number of hydrogen-bond donors (Lipinski definition) is 0. The number of hydrogen-bond acceptors (Lipinski definition) is 7. The highest BCUT2D eigenvalue weighted by molar-refractivity contribution is 8.18. The van der Waals surface area contributed by atoms with Gasteiger partial charge in [-0.25, -0.2) is 4.79 Å². The van der Waals surface area contributed by atoms with E-state index in [4.69, 9.17) is 14.2 Å². The molecule has 0 aromatic heterocycles. The van der Waals surface area contributed by atoms with Gasteiger partial charge in [-0.3, -0.25) is 14.5 Å². The lowest BCUT2D eigenvalue weighted by Crippen LogP contribution is -2.32. The van der Waals surface area contributed by atoms with Crippen molar-refractivity contribution in [3.8, 4) is 17.2 Å². The molecular weight excluding hydrogens is 514 g/mol. The first-order valence-electron chi connectivity index (χ1n) is 12.3. The molecule has 0 atom stereocenters. The fourth-order valence-corrected chi connectivity index (χ4v) is 5.09. The molecule has 39 heavy (non-hydrogen) atoms. The molecule has 4 aromatic rings. The number of esters is 1. The lowest BCUT2D eigenvalue weighted by molar-refractivity contribution is -0.123.